The molecule has 194 valence electrons. The van der Waals surface area contributed by atoms with Crippen LogP contribution in [-0.4, -0.2) is 37.0 Å². The number of carbonyl (C=O) groups excluding carboxylic acids is 1. The van der Waals surface area contributed by atoms with Gasteiger partial charge in [0.2, 0.25) is 5.91 Å². The van der Waals surface area contributed by atoms with Gasteiger partial charge in [0, 0.05) is 42.4 Å². The average Bonchev–Trinajstić information content (AvgIpc) is 3.39. The van der Waals surface area contributed by atoms with Gasteiger partial charge in [-0.1, -0.05) is 29.8 Å². The standard InChI is InChI=1S/C30H32N6OS/c1-19-10-12-23(13-11-19)33-26(37)14-17-35-28(27(34-30(35)38)25-9-5-6-15-31-25)24-18-21(3)36(22(24)4)29-20(2)8-7-16-32-29/h5-13,15-16,18,27-28H,14,17H2,1-4H3,(H,33,37)(H,34,38)/t27-,28-/m0/s1. The molecule has 2 atom stereocenters. The van der Waals surface area contributed by atoms with E-state index in [0.29, 0.717) is 18.1 Å². The van der Waals surface area contributed by atoms with Gasteiger partial charge in [-0.3, -0.25) is 9.78 Å². The Kier molecular flexibility index (Phi) is 7.24. The maximum Gasteiger partial charge on any atom is 0.226 e. The van der Waals surface area contributed by atoms with Gasteiger partial charge in [0.25, 0.3) is 0 Å². The highest BCUT2D eigenvalue weighted by Gasteiger charge is 2.41. The lowest BCUT2D eigenvalue weighted by Gasteiger charge is -2.28. The minimum Gasteiger partial charge on any atom is -0.352 e. The van der Waals surface area contributed by atoms with Gasteiger partial charge in [-0.15, -0.1) is 0 Å². The molecule has 5 rings (SSSR count). The lowest BCUT2D eigenvalue weighted by Crippen LogP contribution is -2.32. The Morgan fingerprint density at radius 3 is 2.47 bits per heavy atom. The maximum atomic E-state index is 12.9. The second kappa shape index (κ2) is 10.8. The summed E-state index contributed by atoms with van der Waals surface area (Å²) in [7, 11) is 0. The first-order chi connectivity index (χ1) is 18.3. The minimum atomic E-state index is -0.150. The fraction of sp³-hybridized carbons (Fsp3) is 0.267. The molecular formula is C30H32N6OS. The van der Waals surface area contributed by atoms with Gasteiger partial charge in [-0.25, -0.2) is 4.98 Å². The van der Waals surface area contributed by atoms with Gasteiger partial charge < -0.3 is 20.1 Å². The summed E-state index contributed by atoms with van der Waals surface area (Å²) in [6.07, 6.45) is 3.93. The number of carbonyl (C=O) groups is 1. The van der Waals surface area contributed by atoms with E-state index in [9.17, 15) is 4.79 Å². The first kappa shape index (κ1) is 25.6. The van der Waals surface area contributed by atoms with Crippen LogP contribution in [-0.2, 0) is 4.79 Å². The second-order valence-corrected chi connectivity index (χ2v) is 10.2. The molecule has 38 heavy (non-hydrogen) atoms. The molecule has 7 nitrogen and oxygen atoms in total. The van der Waals surface area contributed by atoms with E-state index in [-0.39, 0.29) is 18.0 Å². The molecule has 0 unspecified atom stereocenters. The third-order valence-electron chi connectivity index (χ3n) is 7.10. The highest BCUT2D eigenvalue weighted by molar-refractivity contribution is 7.80. The highest BCUT2D eigenvalue weighted by atomic mass is 32.1. The van der Waals surface area contributed by atoms with Crippen LogP contribution in [0, 0.1) is 27.7 Å². The van der Waals surface area contributed by atoms with Gasteiger partial charge in [0.1, 0.15) is 5.82 Å². The number of nitrogens with zero attached hydrogens (tertiary/aromatic N) is 4. The summed E-state index contributed by atoms with van der Waals surface area (Å²) in [4.78, 5) is 24.3. The highest BCUT2D eigenvalue weighted by Crippen LogP contribution is 2.41. The van der Waals surface area contributed by atoms with E-state index in [4.69, 9.17) is 12.2 Å². The van der Waals surface area contributed by atoms with Crippen molar-refractivity contribution in [2.24, 2.45) is 0 Å². The number of aromatic nitrogens is 3. The van der Waals surface area contributed by atoms with Crippen LogP contribution in [0.15, 0.2) is 73.1 Å². The fourth-order valence-electron chi connectivity index (χ4n) is 5.19. The van der Waals surface area contributed by atoms with Crippen LogP contribution in [0.5, 0.6) is 0 Å². The SMILES string of the molecule is Cc1ccc(NC(=O)CCN2C(=S)N[C@@H](c3ccccn3)[C@@H]2c2cc(C)n(-c3ncccc3C)c2C)cc1. The van der Waals surface area contributed by atoms with Crippen molar-refractivity contribution in [2.45, 2.75) is 46.2 Å². The van der Waals surface area contributed by atoms with Crippen LogP contribution in [0.4, 0.5) is 5.69 Å². The molecule has 1 saturated heterocycles. The summed E-state index contributed by atoms with van der Waals surface area (Å²) >= 11 is 5.82. The zero-order valence-electron chi connectivity index (χ0n) is 22.1. The fourth-order valence-corrected chi connectivity index (χ4v) is 5.52. The first-order valence-electron chi connectivity index (χ1n) is 12.8. The van der Waals surface area contributed by atoms with Crippen LogP contribution in [0.3, 0.4) is 0 Å². The summed E-state index contributed by atoms with van der Waals surface area (Å²) in [5.74, 6) is 0.868. The van der Waals surface area contributed by atoms with Crippen molar-refractivity contribution in [3.05, 3.63) is 107 Å². The Balaban J connectivity index is 1.47. The molecular weight excluding hydrogens is 492 g/mol. The molecule has 0 bridgehead atoms. The van der Waals surface area contributed by atoms with Gasteiger partial charge in [-0.2, -0.15) is 0 Å². The Labute approximate surface area is 228 Å². The topological polar surface area (TPSA) is 75.1 Å². The summed E-state index contributed by atoms with van der Waals surface area (Å²) in [5.41, 5.74) is 7.27. The number of amides is 1. The van der Waals surface area contributed by atoms with E-state index in [0.717, 1.165) is 45.3 Å². The van der Waals surface area contributed by atoms with E-state index >= 15 is 0 Å². The smallest absolute Gasteiger partial charge is 0.226 e. The van der Waals surface area contributed by atoms with E-state index in [1.807, 2.05) is 61.7 Å². The van der Waals surface area contributed by atoms with Crippen molar-refractivity contribution >= 4 is 28.9 Å². The van der Waals surface area contributed by atoms with Crippen molar-refractivity contribution in [1.82, 2.24) is 24.8 Å². The van der Waals surface area contributed by atoms with Crippen LogP contribution < -0.4 is 10.6 Å². The lowest BCUT2D eigenvalue weighted by atomic mass is 9.96. The number of benzene rings is 1. The van der Waals surface area contributed by atoms with Gasteiger partial charge in [-0.05, 0) is 87.4 Å². The number of nitrogens with one attached hydrogen (secondary N) is 2. The van der Waals surface area contributed by atoms with Crippen molar-refractivity contribution in [3.8, 4) is 5.82 Å². The van der Waals surface area contributed by atoms with Crippen molar-refractivity contribution < 1.29 is 4.79 Å². The van der Waals surface area contributed by atoms with E-state index in [1.165, 1.54) is 0 Å². The van der Waals surface area contributed by atoms with Crippen molar-refractivity contribution in [2.75, 3.05) is 11.9 Å². The molecule has 1 fully saturated rings. The van der Waals surface area contributed by atoms with Gasteiger partial charge in [0.05, 0.1) is 17.8 Å². The summed E-state index contributed by atoms with van der Waals surface area (Å²) in [6.45, 7) is 8.79. The molecule has 0 spiro atoms. The van der Waals surface area contributed by atoms with Crippen molar-refractivity contribution in [1.29, 1.82) is 0 Å². The molecule has 0 saturated carbocycles. The maximum absolute atomic E-state index is 12.9. The molecule has 2 N–H and O–H groups in total. The zero-order chi connectivity index (χ0) is 26.8. The largest absolute Gasteiger partial charge is 0.352 e. The summed E-state index contributed by atoms with van der Waals surface area (Å²) in [5, 5.41) is 7.12. The number of thiocarbonyl (C=S) groups is 1. The van der Waals surface area contributed by atoms with Crippen LogP contribution >= 0.6 is 12.2 Å². The third-order valence-corrected chi connectivity index (χ3v) is 7.45. The monoisotopic (exact) mass is 524 g/mol. The number of rotatable bonds is 7. The minimum absolute atomic E-state index is 0.0497. The molecule has 3 aromatic heterocycles. The predicted molar refractivity (Wildman–Crippen MR) is 154 cm³/mol. The number of aryl methyl sites for hydroxylation is 3. The molecule has 0 aliphatic carbocycles. The van der Waals surface area contributed by atoms with Gasteiger partial charge >= 0.3 is 0 Å². The molecule has 1 aliphatic rings. The van der Waals surface area contributed by atoms with Crippen LogP contribution in [0.25, 0.3) is 5.82 Å². The van der Waals surface area contributed by atoms with E-state index < -0.39 is 0 Å². The Hall–Kier alpha value is -4.04. The van der Waals surface area contributed by atoms with E-state index in [1.54, 1.807) is 6.20 Å². The van der Waals surface area contributed by atoms with Crippen LogP contribution in [0.2, 0.25) is 0 Å². The third kappa shape index (κ3) is 5.04. The molecule has 4 aromatic rings. The Morgan fingerprint density at radius 1 is 1.00 bits per heavy atom. The zero-order valence-corrected chi connectivity index (χ0v) is 22.9. The molecule has 1 aromatic carbocycles. The van der Waals surface area contributed by atoms with Crippen molar-refractivity contribution in [3.63, 3.8) is 0 Å². The predicted octanol–water partition coefficient (Wildman–Crippen LogP) is 5.50. The molecule has 1 amide bonds. The quantitative estimate of drug-likeness (QED) is 0.311. The molecule has 0 radical (unpaired) electrons. The second-order valence-electron chi connectivity index (χ2n) is 9.79. The normalized spacial score (nSPS) is 16.9. The van der Waals surface area contributed by atoms with E-state index in [2.05, 4.69) is 63.0 Å². The average molecular weight is 525 g/mol. The van der Waals surface area contributed by atoms with Crippen LogP contribution in [0.1, 0.15) is 52.3 Å². The lowest BCUT2D eigenvalue weighted by molar-refractivity contribution is -0.116. The summed E-state index contributed by atoms with van der Waals surface area (Å²) < 4.78 is 2.20. The molecule has 8 heteroatoms. The Morgan fingerprint density at radius 2 is 1.76 bits per heavy atom. The van der Waals surface area contributed by atoms with Gasteiger partial charge in [0.15, 0.2) is 5.11 Å². The summed E-state index contributed by atoms with van der Waals surface area (Å²) in [6, 6.07) is 19.7. The molecule has 4 heterocycles. The number of anilines is 1. The molecule has 1 aliphatic heterocycles. The first-order valence-corrected chi connectivity index (χ1v) is 13.2. The Bertz CT molecular complexity index is 1460. The number of hydrogen-bond acceptors (Lipinski definition) is 4. The number of pyridine rings is 2. The number of hydrogen-bond donors (Lipinski definition) is 2.